The van der Waals surface area contributed by atoms with Gasteiger partial charge in [0.25, 0.3) is 0 Å². The van der Waals surface area contributed by atoms with Crippen molar-refractivity contribution >= 4 is 17.4 Å². The van der Waals surface area contributed by atoms with E-state index in [-0.39, 0.29) is 12.2 Å². The molecule has 0 heterocycles. The number of hydrogen-bond acceptors (Lipinski definition) is 3. The highest BCUT2D eigenvalue weighted by molar-refractivity contribution is 6.08. The fourth-order valence-corrected chi connectivity index (χ4v) is 1.21. The first kappa shape index (κ1) is 12.0. The summed E-state index contributed by atoms with van der Waals surface area (Å²) in [5, 5.41) is 8.40. The number of hydrogen-bond donors (Lipinski definition) is 2. The quantitative estimate of drug-likeness (QED) is 0.450. The fourth-order valence-electron chi connectivity index (χ4n) is 1.21. The number of allylic oxidation sites excluding steroid dienone is 2. The number of aliphatic carboxylic acids is 1. The maximum absolute atomic E-state index is 11.6. The van der Waals surface area contributed by atoms with E-state index in [4.69, 9.17) is 10.8 Å². The topological polar surface area (TPSA) is 80.4 Å². The molecule has 4 nitrogen and oxygen atoms in total. The SMILES string of the molecule is Nc1ccccc1C(=O)/C=C/CCC(=O)O. The normalized spacial score (nSPS) is 10.5. The van der Waals surface area contributed by atoms with Gasteiger partial charge < -0.3 is 10.8 Å². The Morgan fingerprint density at radius 1 is 1.31 bits per heavy atom. The molecule has 1 aromatic rings. The highest BCUT2D eigenvalue weighted by Gasteiger charge is 2.04. The molecule has 0 aromatic heterocycles. The van der Waals surface area contributed by atoms with E-state index in [2.05, 4.69) is 0 Å². The third-order valence-corrected chi connectivity index (χ3v) is 2.02. The molecule has 1 aromatic carbocycles. The van der Waals surface area contributed by atoms with Crippen molar-refractivity contribution in [3.63, 3.8) is 0 Å². The Kier molecular flexibility index (Phi) is 4.27. The Labute approximate surface area is 93.4 Å². The smallest absolute Gasteiger partial charge is 0.303 e. The Balaban J connectivity index is 2.59. The van der Waals surface area contributed by atoms with E-state index in [0.717, 1.165) is 0 Å². The van der Waals surface area contributed by atoms with Gasteiger partial charge in [-0.15, -0.1) is 0 Å². The first-order chi connectivity index (χ1) is 7.61. The summed E-state index contributed by atoms with van der Waals surface area (Å²) in [5.74, 6) is -1.08. The van der Waals surface area contributed by atoms with Crippen LogP contribution in [0.5, 0.6) is 0 Å². The number of carboxylic acid groups (broad SMARTS) is 1. The monoisotopic (exact) mass is 219 g/mol. The number of nitrogen functional groups attached to an aromatic ring is 1. The van der Waals surface area contributed by atoms with Gasteiger partial charge in [-0.3, -0.25) is 9.59 Å². The molecule has 0 atom stereocenters. The Morgan fingerprint density at radius 2 is 2.00 bits per heavy atom. The average Bonchev–Trinajstić information content (AvgIpc) is 2.24. The van der Waals surface area contributed by atoms with Crippen LogP contribution in [0.3, 0.4) is 0 Å². The van der Waals surface area contributed by atoms with Gasteiger partial charge in [0.2, 0.25) is 0 Å². The van der Waals surface area contributed by atoms with E-state index in [0.29, 0.717) is 17.7 Å². The number of rotatable bonds is 5. The van der Waals surface area contributed by atoms with Crippen molar-refractivity contribution in [3.8, 4) is 0 Å². The third-order valence-electron chi connectivity index (χ3n) is 2.02. The van der Waals surface area contributed by atoms with Crippen molar-refractivity contribution in [1.29, 1.82) is 0 Å². The fraction of sp³-hybridized carbons (Fsp3) is 0.167. The lowest BCUT2D eigenvalue weighted by Crippen LogP contribution is -2.00. The summed E-state index contributed by atoms with van der Waals surface area (Å²) in [6.45, 7) is 0. The zero-order chi connectivity index (χ0) is 12.0. The number of nitrogens with two attached hydrogens (primary N) is 1. The molecular formula is C12H13NO3. The van der Waals surface area contributed by atoms with Crippen LogP contribution in [0.4, 0.5) is 5.69 Å². The summed E-state index contributed by atoms with van der Waals surface area (Å²) in [6, 6.07) is 6.77. The first-order valence-corrected chi connectivity index (χ1v) is 4.88. The molecule has 0 radical (unpaired) electrons. The highest BCUT2D eigenvalue weighted by atomic mass is 16.4. The lowest BCUT2D eigenvalue weighted by atomic mass is 10.1. The van der Waals surface area contributed by atoms with Crippen molar-refractivity contribution in [2.24, 2.45) is 0 Å². The summed E-state index contributed by atoms with van der Waals surface area (Å²) < 4.78 is 0. The lowest BCUT2D eigenvalue weighted by Gasteiger charge is -1.99. The van der Waals surface area contributed by atoms with Crippen LogP contribution in [0.25, 0.3) is 0 Å². The van der Waals surface area contributed by atoms with Crippen molar-refractivity contribution < 1.29 is 14.7 Å². The Bertz CT molecular complexity index is 424. The van der Waals surface area contributed by atoms with Crippen molar-refractivity contribution in [3.05, 3.63) is 42.0 Å². The summed E-state index contributed by atoms with van der Waals surface area (Å²) in [7, 11) is 0. The summed E-state index contributed by atoms with van der Waals surface area (Å²) in [6.07, 6.45) is 3.26. The van der Waals surface area contributed by atoms with Crippen molar-refractivity contribution in [2.75, 3.05) is 5.73 Å². The van der Waals surface area contributed by atoms with E-state index >= 15 is 0 Å². The van der Waals surface area contributed by atoms with Gasteiger partial charge in [-0.05, 0) is 24.6 Å². The standard InChI is InChI=1S/C12H13NO3/c13-10-6-2-1-5-9(10)11(14)7-3-4-8-12(15)16/h1-3,5-7H,4,8,13H2,(H,15,16)/b7-3+. The zero-order valence-corrected chi connectivity index (χ0v) is 8.72. The second-order valence-corrected chi connectivity index (χ2v) is 3.29. The van der Waals surface area contributed by atoms with Gasteiger partial charge in [-0.2, -0.15) is 0 Å². The average molecular weight is 219 g/mol. The number of para-hydroxylation sites is 1. The minimum absolute atomic E-state index is 0.0219. The van der Waals surface area contributed by atoms with E-state index in [1.54, 1.807) is 30.3 Å². The molecular weight excluding hydrogens is 206 g/mol. The Morgan fingerprint density at radius 3 is 2.62 bits per heavy atom. The molecule has 0 amide bonds. The van der Waals surface area contributed by atoms with Crippen LogP contribution in [-0.2, 0) is 4.79 Å². The first-order valence-electron chi connectivity index (χ1n) is 4.88. The van der Waals surface area contributed by atoms with Gasteiger partial charge in [0.15, 0.2) is 5.78 Å². The molecule has 4 heteroatoms. The molecule has 1 rings (SSSR count). The van der Waals surface area contributed by atoms with Crippen LogP contribution >= 0.6 is 0 Å². The van der Waals surface area contributed by atoms with E-state index < -0.39 is 5.97 Å². The number of carboxylic acids is 1. The molecule has 0 bridgehead atoms. The second kappa shape index (κ2) is 5.70. The molecule has 0 aliphatic rings. The minimum atomic E-state index is -0.878. The molecule has 0 saturated carbocycles. The van der Waals surface area contributed by atoms with Gasteiger partial charge in [-0.25, -0.2) is 0 Å². The van der Waals surface area contributed by atoms with Crippen LogP contribution in [0.1, 0.15) is 23.2 Å². The van der Waals surface area contributed by atoms with Crippen LogP contribution in [0.2, 0.25) is 0 Å². The molecule has 0 aliphatic carbocycles. The highest BCUT2D eigenvalue weighted by Crippen LogP contribution is 2.11. The molecule has 0 spiro atoms. The predicted octanol–water partition coefficient (Wildman–Crippen LogP) is 1.87. The number of ketones is 1. The van der Waals surface area contributed by atoms with Crippen LogP contribution in [0.15, 0.2) is 36.4 Å². The van der Waals surface area contributed by atoms with Crippen molar-refractivity contribution in [1.82, 2.24) is 0 Å². The molecule has 0 saturated heterocycles. The van der Waals surface area contributed by atoms with Crippen LogP contribution in [0, 0.1) is 0 Å². The molecule has 16 heavy (non-hydrogen) atoms. The Hall–Kier alpha value is -2.10. The lowest BCUT2D eigenvalue weighted by molar-refractivity contribution is -0.136. The molecule has 0 aliphatic heterocycles. The second-order valence-electron chi connectivity index (χ2n) is 3.29. The van der Waals surface area contributed by atoms with Crippen molar-refractivity contribution in [2.45, 2.75) is 12.8 Å². The molecule has 0 fully saturated rings. The zero-order valence-electron chi connectivity index (χ0n) is 8.72. The molecule has 3 N–H and O–H groups in total. The van der Waals surface area contributed by atoms with Crippen LogP contribution < -0.4 is 5.73 Å². The maximum Gasteiger partial charge on any atom is 0.303 e. The van der Waals surface area contributed by atoms with Crippen LogP contribution in [-0.4, -0.2) is 16.9 Å². The van der Waals surface area contributed by atoms with Gasteiger partial charge >= 0.3 is 5.97 Å². The van der Waals surface area contributed by atoms with Gasteiger partial charge in [0.1, 0.15) is 0 Å². The minimum Gasteiger partial charge on any atom is -0.481 e. The predicted molar refractivity (Wildman–Crippen MR) is 61.2 cm³/mol. The third kappa shape index (κ3) is 3.57. The molecule has 0 unspecified atom stereocenters. The summed E-state index contributed by atoms with van der Waals surface area (Å²) in [4.78, 5) is 21.8. The number of anilines is 1. The number of carbonyl (C=O) groups excluding carboxylic acids is 1. The summed E-state index contributed by atoms with van der Waals surface area (Å²) in [5.41, 5.74) is 6.49. The van der Waals surface area contributed by atoms with E-state index in [9.17, 15) is 9.59 Å². The van der Waals surface area contributed by atoms with Gasteiger partial charge in [0, 0.05) is 17.7 Å². The van der Waals surface area contributed by atoms with E-state index in [1.165, 1.54) is 6.08 Å². The molecule has 84 valence electrons. The largest absolute Gasteiger partial charge is 0.481 e. The maximum atomic E-state index is 11.6. The van der Waals surface area contributed by atoms with Gasteiger partial charge in [0.05, 0.1) is 0 Å². The van der Waals surface area contributed by atoms with Gasteiger partial charge in [-0.1, -0.05) is 18.2 Å². The summed E-state index contributed by atoms with van der Waals surface area (Å²) >= 11 is 0. The van der Waals surface area contributed by atoms with E-state index in [1.807, 2.05) is 0 Å². The number of benzene rings is 1. The number of carbonyl (C=O) groups is 2.